The third-order valence-corrected chi connectivity index (χ3v) is 6.21. The highest BCUT2D eigenvalue weighted by molar-refractivity contribution is 5.99. The van der Waals surface area contributed by atoms with Crippen LogP contribution in [-0.4, -0.2) is 79.1 Å². The molecule has 0 bridgehead atoms. The zero-order chi connectivity index (χ0) is 21.8. The van der Waals surface area contributed by atoms with Crippen LogP contribution in [-0.2, 0) is 14.9 Å². The summed E-state index contributed by atoms with van der Waals surface area (Å²) in [5, 5.41) is 0. The van der Waals surface area contributed by atoms with E-state index < -0.39 is 5.41 Å². The van der Waals surface area contributed by atoms with E-state index in [1.807, 2.05) is 60.0 Å². The van der Waals surface area contributed by atoms with Crippen LogP contribution in [0, 0.1) is 0 Å². The van der Waals surface area contributed by atoms with Gasteiger partial charge in [0.1, 0.15) is 5.82 Å². The molecule has 3 heterocycles. The van der Waals surface area contributed by atoms with Crippen LogP contribution in [0.3, 0.4) is 0 Å². The summed E-state index contributed by atoms with van der Waals surface area (Å²) in [7, 11) is 0. The maximum atomic E-state index is 13.3. The summed E-state index contributed by atoms with van der Waals surface area (Å²) < 4.78 is 5.43. The van der Waals surface area contributed by atoms with Crippen LogP contribution in [0.5, 0.6) is 0 Å². The first-order chi connectivity index (χ1) is 15.0. The van der Waals surface area contributed by atoms with Crippen LogP contribution in [0.2, 0.25) is 0 Å². The fourth-order valence-corrected chi connectivity index (χ4v) is 4.25. The van der Waals surface area contributed by atoms with Crippen LogP contribution in [0.1, 0.15) is 29.8 Å². The van der Waals surface area contributed by atoms with E-state index in [9.17, 15) is 9.59 Å². The number of carbonyl (C=O) groups excluding carboxylic acids is 2. The average molecular weight is 423 g/mol. The molecule has 31 heavy (non-hydrogen) atoms. The average Bonchev–Trinajstić information content (AvgIpc) is 2.84. The van der Waals surface area contributed by atoms with Gasteiger partial charge in [-0.3, -0.25) is 9.59 Å². The van der Waals surface area contributed by atoms with Gasteiger partial charge in [-0.2, -0.15) is 0 Å². The van der Waals surface area contributed by atoms with Crippen molar-refractivity contribution >= 4 is 17.6 Å². The zero-order valence-electron chi connectivity index (χ0n) is 18.3. The predicted molar refractivity (Wildman–Crippen MR) is 119 cm³/mol. The van der Waals surface area contributed by atoms with Gasteiger partial charge in [-0.1, -0.05) is 30.3 Å². The highest BCUT2D eigenvalue weighted by Gasteiger charge is 2.36. The summed E-state index contributed by atoms with van der Waals surface area (Å²) in [6.07, 6.45) is 1.73. The van der Waals surface area contributed by atoms with Crippen LogP contribution in [0.15, 0.2) is 48.7 Å². The van der Waals surface area contributed by atoms with Crippen molar-refractivity contribution in [3.05, 3.63) is 59.8 Å². The van der Waals surface area contributed by atoms with E-state index in [2.05, 4.69) is 9.88 Å². The summed E-state index contributed by atoms with van der Waals surface area (Å²) in [5.41, 5.74) is 1.03. The second kappa shape index (κ2) is 9.06. The number of ether oxygens (including phenoxy) is 1. The number of carbonyl (C=O) groups is 2. The molecule has 4 rings (SSSR count). The second-order valence-electron chi connectivity index (χ2n) is 8.55. The normalized spacial score (nSPS) is 17.5. The number of anilines is 1. The van der Waals surface area contributed by atoms with Crippen LogP contribution in [0.4, 0.5) is 5.82 Å². The lowest BCUT2D eigenvalue weighted by Crippen LogP contribution is -2.54. The van der Waals surface area contributed by atoms with E-state index in [1.54, 1.807) is 12.3 Å². The molecule has 2 aliphatic rings. The first-order valence-electron chi connectivity index (χ1n) is 10.9. The Morgan fingerprint density at radius 3 is 2.19 bits per heavy atom. The standard InChI is InChI=1S/C24H30N4O3/c1-24(2,19-7-4-3-5-8-19)23(30)28-13-11-27(12-14-28)22(29)20-9-6-10-25-21(20)26-15-17-31-18-16-26/h3-10H,11-18H2,1-2H3. The van der Waals surface area contributed by atoms with Crippen molar-refractivity contribution < 1.29 is 14.3 Å². The molecule has 2 aliphatic heterocycles. The summed E-state index contributed by atoms with van der Waals surface area (Å²) in [4.78, 5) is 36.8. The summed E-state index contributed by atoms with van der Waals surface area (Å²) in [6, 6.07) is 13.5. The Morgan fingerprint density at radius 2 is 1.52 bits per heavy atom. The third-order valence-electron chi connectivity index (χ3n) is 6.21. The summed E-state index contributed by atoms with van der Waals surface area (Å²) in [5.74, 6) is 0.796. The van der Waals surface area contributed by atoms with Crippen molar-refractivity contribution in [1.82, 2.24) is 14.8 Å². The number of piperazine rings is 1. The molecule has 2 aromatic rings. The van der Waals surface area contributed by atoms with Crippen molar-refractivity contribution in [2.75, 3.05) is 57.4 Å². The molecule has 7 nitrogen and oxygen atoms in total. The van der Waals surface area contributed by atoms with Crippen molar-refractivity contribution in [3.63, 3.8) is 0 Å². The van der Waals surface area contributed by atoms with Gasteiger partial charge >= 0.3 is 0 Å². The molecule has 1 aromatic carbocycles. The molecule has 0 radical (unpaired) electrons. The van der Waals surface area contributed by atoms with Crippen molar-refractivity contribution in [3.8, 4) is 0 Å². The van der Waals surface area contributed by atoms with Gasteiger partial charge in [-0.15, -0.1) is 0 Å². The van der Waals surface area contributed by atoms with Gasteiger partial charge < -0.3 is 19.4 Å². The van der Waals surface area contributed by atoms with E-state index in [0.717, 1.165) is 24.5 Å². The highest BCUT2D eigenvalue weighted by Crippen LogP contribution is 2.27. The summed E-state index contributed by atoms with van der Waals surface area (Å²) >= 11 is 0. The number of hydrogen-bond acceptors (Lipinski definition) is 5. The zero-order valence-corrected chi connectivity index (χ0v) is 18.3. The van der Waals surface area contributed by atoms with Crippen LogP contribution in [0.25, 0.3) is 0 Å². The quantitative estimate of drug-likeness (QED) is 0.756. The van der Waals surface area contributed by atoms with Crippen molar-refractivity contribution in [1.29, 1.82) is 0 Å². The molecule has 2 saturated heterocycles. The molecule has 0 spiro atoms. The van der Waals surface area contributed by atoms with Crippen LogP contribution >= 0.6 is 0 Å². The van der Waals surface area contributed by atoms with E-state index in [-0.39, 0.29) is 11.8 Å². The van der Waals surface area contributed by atoms with Gasteiger partial charge in [-0.25, -0.2) is 4.98 Å². The topological polar surface area (TPSA) is 66.0 Å². The third kappa shape index (κ3) is 4.42. The Kier molecular flexibility index (Phi) is 6.23. The number of pyridine rings is 1. The molecular weight excluding hydrogens is 392 g/mol. The van der Waals surface area contributed by atoms with Gasteiger partial charge in [0.2, 0.25) is 5.91 Å². The maximum Gasteiger partial charge on any atom is 0.257 e. The Labute approximate surface area is 183 Å². The largest absolute Gasteiger partial charge is 0.378 e. The minimum absolute atomic E-state index is 0.0241. The Bertz CT molecular complexity index is 917. The van der Waals surface area contributed by atoms with Gasteiger partial charge in [0.05, 0.1) is 24.2 Å². The van der Waals surface area contributed by atoms with Crippen molar-refractivity contribution in [2.45, 2.75) is 19.3 Å². The fraction of sp³-hybridized carbons (Fsp3) is 0.458. The lowest BCUT2D eigenvalue weighted by Gasteiger charge is -2.39. The summed E-state index contributed by atoms with van der Waals surface area (Å²) in [6.45, 7) is 8.79. The number of benzene rings is 1. The smallest absolute Gasteiger partial charge is 0.257 e. The molecule has 7 heteroatoms. The highest BCUT2D eigenvalue weighted by atomic mass is 16.5. The molecule has 2 fully saturated rings. The number of hydrogen-bond donors (Lipinski definition) is 0. The second-order valence-corrected chi connectivity index (χ2v) is 8.55. The Balaban J connectivity index is 1.42. The predicted octanol–water partition coefficient (Wildman–Crippen LogP) is 2.18. The molecule has 1 aromatic heterocycles. The van der Waals surface area contributed by atoms with Crippen LogP contribution < -0.4 is 4.90 Å². The maximum absolute atomic E-state index is 13.3. The first-order valence-corrected chi connectivity index (χ1v) is 10.9. The molecule has 2 amide bonds. The minimum Gasteiger partial charge on any atom is -0.378 e. The number of rotatable bonds is 4. The van der Waals surface area contributed by atoms with E-state index in [1.165, 1.54) is 0 Å². The van der Waals surface area contributed by atoms with Gasteiger partial charge in [0.15, 0.2) is 0 Å². The molecule has 0 saturated carbocycles. The molecule has 0 aliphatic carbocycles. The minimum atomic E-state index is -0.597. The SMILES string of the molecule is CC(C)(C(=O)N1CCN(C(=O)c2cccnc2N2CCOCC2)CC1)c1ccccc1. The molecular formula is C24H30N4O3. The lowest BCUT2D eigenvalue weighted by molar-refractivity contribution is -0.137. The number of amides is 2. The first kappa shape index (κ1) is 21.3. The van der Waals surface area contributed by atoms with Crippen molar-refractivity contribution in [2.24, 2.45) is 0 Å². The number of morpholine rings is 1. The van der Waals surface area contributed by atoms with E-state index in [4.69, 9.17) is 4.74 Å². The van der Waals surface area contributed by atoms with Gasteiger partial charge in [0.25, 0.3) is 5.91 Å². The number of aromatic nitrogens is 1. The number of nitrogens with zero attached hydrogens (tertiary/aromatic N) is 4. The van der Waals surface area contributed by atoms with Gasteiger partial charge in [0, 0.05) is 45.5 Å². The molecule has 0 unspecified atom stereocenters. The molecule has 0 atom stereocenters. The van der Waals surface area contributed by atoms with Gasteiger partial charge in [-0.05, 0) is 31.5 Å². The lowest BCUT2D eigenvalue weighted by atomic mass is 9.83. The Hall–Kier alpha value is -2.93. The monoisotopic (exact) mass is 422 g/mol. The van der Waals surface area contributed by atoms with E-state index in [0.29, 0.717) is 45.0 Å². The molecule has 0 N–H and O–H groups in total. The Morgan fingerprint density at radius 1 is 0.871 bits per heavy atom. The molecule has 164 valence electrons. The van der Waals surface area contributed by atoms with E-state index >= 15 is 0 Å². The fourth-order valence-electron chi connectivity index (χ4n) is 4.25.